The smallest absolute Gasteiger partial charge is 0.497 e. The van der Waals surface area contributed by atoms with Crippen molar-refractivity contribution in [1.29, 1.82) is 0 Å². The van der Waals surface area contributed by atoms with Crippen molar-refractivity contribution < 1.29 is 37.0 Å². The van der Waals surface area contributed by atoms with Crippen molar-refractivity contribution in [1.82, 2.24) is 9.88 Å². The maximum absolute atomic E-state index is 13.3. The van der Waals surface area contributed by atoms with Gasteiger partial charge in [0.15, 0.2) is 0 Å². The number of halogens is 3. The topological polar surface area (TPSA) is 92.3 Å². The predicted molar refractivity (Wildman–Crippen MR) is 136 cm³/mol. The number of hydrogen-bond acceptors (Lipinski definition) is 6. The van der Waals surface area contributed by atoms with E-state index in [0.29, 0.717) is 17.0 Å². The van der Waals surface area contributed by atoms with Gasteiger partial charge in [-0.2, -0.15) is 0 Å². The van der Waals surface area contributed by atoms with Crippen LogP contribution >= 0.6 is 0 Å². The first kappa shape index (κ1) is 27.4. The third kappa shape index (κ3) is 5.64. The number of aromatic nitrogens is 1. The number of anilines is 2. The fraction of sp³-hybridized carbons (Fsp3) is 0.259. The van der Waals surface area contributed by atoms with Crippen LogP contribution < -0.4 is 19.3 Å². The standard InChI is InChI=1S/C27H25F3N4O5/c1-26(2)24(36)34(19-7-11-21(12-8-19)39-27(28,29)30)25(37)33(26)16-17-13-14-31-22(15-17)23(35)32(3)18-5-9-20(38-4)10-6-18/h5-15H,16H2,1-4H3. The summed E-state index contributed by atoms with van der Waals surface area (Å²) in [7, 11) is 3.15. The van der Waals surface area contributed by atoms with E-state index in [2.05, 4.69) is 9.72 Å². The largest absolute Gasteiger partial charge is 0.573 e. The highest BCUT2D eigenvalue weighted by Gasteiger charge is 2.51. The molecule has 9 nitrogen and oxygen atoms in total. The lowest BCUT2D eigenvalue weighted by Gasteiger charge is -2.28. The summed E-state index contributed by atoms with van der Waals surface area (Å²) in [6, 6.07) is 13.9. The Labute approximate surface area is 222 Å². The summed E-state index contributed by atoms with van der Waals surface area (Å²) in [5.74, 6) is -0.767. The van der Waals surface area contributed by atoms with E-state index in [1.807, 2.05) is 0 Å². The van der Waals surface area contributed by atoms with Crippen molar-refractivity contribution in [2.45, 2.75) is 32.3 Å². The summed E-state index contributed by atoms with van der Waals surface area (Å²) in [6.45, 7) is 3.12. The zero-order valence-corrected chi connectivity index (χ0v) is 21.5. The fourth-order valence-electron chi connectivity index (χ4n) is 4.09. The second-order valence-corrected chi connectivity index (χ2v) is 9.22. The number of carbonyl (C=O) groups is 3. The number of alkyl halides is 3. The Morgan fingerprint density at radius 2 is 1.62 bits per heavy atom. The maximum atomic E-state index is 13.3. The van der Waals surface area contributed by atoms with Crippen LogP contribution in [0.1, 0.15) is 29.9 Å². The molecule has 4 rings (SSSR count). The lowest BCUT2D eigenvalue weighted by Crippen LogP contribution is -2.43. The van der Waals surface area contributed by atoms with Gasteiger partial charge < -0.3 is 19.3 Å². The number of ether oxygens (including phenoxy) is 2. The number of amides is 4. The number of urea groups is 1. The summed E-state index contributed by atoms with van der Waals surface area (Å²) in [5.41, 5.74) is 0.143. The number of rotatable bonds is 7. The number of nitrogens with zero attached hydrogens (tertiary/aromatic N) is 4. The predicted octanol–water partition coefficient (Wildman–Crippen LogP) is 5.01. The Morgan fingerprint density at radius 1 is 1.00 bits per heavy atom. The van der Waals surface area contributed by atoms with Crippen LogP contribution in [0.25, 0.3) is 0 Å². The molecule has 0 N–H and O–H groups in total. The van der Waals surface area contributed by atoms with Gasteiger partial charge in [0.05, 0.1) is 12.8 Å². The van der Waals surface area contributed by atoms with Crippen molar-refractivity contribution in [2.75, 3.05) is 24.0 Å². The normalized spacial score (nSPS) is 14.9. The number of imide groups is 1. The summed E-state index contributed by atoms with van der Waals surface area (Å²) in [6.07, 6.45) is -3.43. The molecule has 0 saturated carbocycles. The lowest BCUT2D eigenvalue weighted by molar-refractivity contribution is -0.274. The van der Waals surface area contributed by atoms with E-state index >= 15 is 0 Å². The second-order valence-electron chi connectivity index (χ2n) is 9.22. The molecule has 3 aromatic rings. The van der Waals surface area contributed by atoms with Crippen molar-refractivity contribution in [3.63, 3.8) is 0 Å². The average Bonchev–Trinajstić information content (AvgIpc) is 3.06. The van der Waals surface area contributed by atoms with E-state index < -0.39 is 29.6 Å². The molecule has 1 fully saturated rings. The van der Waals surface area contributed by atoms with Gasteiger partial charge in [-0.05, 0) is 80.1 Å². The molecule has 0 aliphatic carbocycles. The molecule has 0 atom stereocenters. The first-order chi connectivity index (χ1) is 18.3. The Morgan fingerprint density at radius 3 is 2.21 bits per heavy atom. The highest BCUT2D eigenvalue weighted by atomic mass is 19.4. The molecule has 0 bridgehead atoms. The summed E-state index contributed by atoms with van der Waals surface area (Å²) in [4.78, 5) is 47.4. The van der Waals surface area contributed by atoms with Crippen molar-refractivity contribution in [3.05, 3.63) is 78.1 Å². The Kier molecular flexibility index (Phi) is 7.23. The van der Waals surface area contributed by atoms with Crippen LogP contribution in [0.2, 0.25) is 0 Å². The van der Waals surface area contributed by atoms with Gasteiger partial charge in [0, 0.05) is 25.5 Å². The van der Waals surface area contributed by atoms with Gasteiger partial charge in [-0.25, -0.2) is 9.69 Å². The van der Waals surface area contributed by atoms with E-state index in [4.69, 9.17) is 4.74 Å². The van der Waals surface area contributed by atoms with E-state index in [1.54, 1.807) is 64.4 Å². The zero-order chi connectivity index (χ0) is 28.5. The lowest BCUT2D eigenvalue weighted by atomic mass is 10.0. The molecule has 1 aliphatic heterocycles. The second kappa shape index (κ2) is 10.3. The highest BCUT2D eigenvalue weighted by molar-refractivity contribution is 6.23. The number of hydrogen-bond donors (Lipinski definition) is 0. The van der Waals surface area contributed by atoms with Crippen LogP contribution in [0, 0.1) is 0 Å². The number of pyridine rings is 1. The number of methoxy groups -OCH3 is 1. The first-order valence-corrected chi connectivity index (χ1v) is 11.7. The minimum Gasteiger partial charge on any atom is -0.497 e. The zero-order valence-electron chi connectivity index (χ0n) is 21.5. The van der Waals surface area contributed by atoms with E-state index in [9.17, 15) is 27.6 Å². The Hall–Kier alpha value is -4.61. The Balaban J connectivity index is 1.53. The summed E-state index contributed by atoms with van der Waals surface area (Å²) < 4.78 is 46.5. The fourth-order valence-corrected chi connectivity index (χ4v) is 4.09. The van der Waals surface area contributed by atoms with Gasteiger partial charge in [0.1, 0.15) is 22.7 Å². The molecule has 0 spiro atoms. The average molecular weight is 543 g/mol. The van der Waals surface area contributed by atoms with Crippen LogP contribution in [-0.2, 0) is 11.3 Å². The quantitative estimate of drug-likeness (QED) is 0.390. The van der Waals surface area contributed by atoms with Crippen LogP contribution in [0.3, 0.4) is 0 Å². The minimum absolute atomic E-state index is 0.0155. The molecular formula is C27H25F3N4O5. The molecule has 12 heteroatoms. The summed E-state index contributed by atoms with van der Waals surface area (Å²) >= 11 is 0. The molecule has 4 amide bonds. The van der Waals surface area contributed by atoms with Gasteiger partial charge in [0.2, 0.25) is 0 Å². The molecule has 1 aromatic heterocycles. The molecule has 2 aromatic carbocycles. The minimum atomic E-state index is -4.87. The molecule has 2 heterocycles. The van der Waals surface area contributed by atoms with Gasteiger partial charge in [-0.3, -0.25) is 14.6 Å². The van der Waals surface area contributed by atoms with Gasteiger partial charge >= 0.3 is 12.4 Å². The monoisotopic (exact) mass is 542 g/mol. The SMILES string of the molecule is COc1ccc(N(C)C(=O)c2cc(CN3C(=O)N(c4ccc(OC(F)(F)F)cc4)C(=O)C3(C)C)ccn2)cc1. The first-order valence-electron chi connectivity index (χ1n) is 11.7. The Bertz CT molecular complexity index is 1390. The molecule has 204 valence electrons. The van der Waals surface area contributed by atoms with E-state index in [0.717, 1.165) is 17.0 Å². The van der Waals surface area contributed by atoms with E-state index in [-0.39, 0.29) is 23.8 Å². The van der Waals surface area contributed by atoms with Crippen molar-refractivity contribution in [2.24, 2.45) is 0 Å². The van der Waals surface area contributed by atoms with Crippen LogP contribution in [-0.4, -0.2) is 53.8 Å². The molecule has 1 saturated heterocycles. The van der Waals surface area contributed by atoms with Crippen LogP contribution in [0.15, 0.2) is 66.9 Å². The molecule has 1 aliphatic rings. The molecule has 39 heavy (non-hydrogen) atoms. The third-order valence-corrected chi connectivity index (χ3v) is 6.30. The van der Waals surface area contributed by atoms with E-state index in [1.165, 1.54) is 28.1 Å². The number of benzene rings is 2. The van der Waals surface area contributed by atoms with Gasteiger partial charge in [-0.1, -0.05) is 0 Å². The maximum Gasteiger partial charge on any atom is 0.573 e. The van der Waals surface area contributed by atoms with Crippen LogP contribution in [0.4, 0.5) is 29.3 Å². The van der Waals surface area contributed by atoms with Crippen molar-refractivity contribution in [3.8, 4) is 11.5 Å². The number of carbonyl (C=O) groups excluding carboxylic acids is 3. The van der Waals surface area contributed by atoms with Gasteiger partial charge in [-0.15, -0.1) is 13.2 Å². The third-order valence-electron chi connectivity index (χ3n) is 6.30. The highest BCUT2D eigenvalue weighted by Crippen LogP contribution is 2.34. The van der Waals surface area contributed by atoms with Crippen molar-refractivity contribution >= 4 is 29.2 Å². The molecule has 0 unspecified atom stereocenters. The van der Waals surface area contributed by atoms with Gasteiger partial charge in [0.25, 0.3) is 11.8 Å². The molecule has 0 radical (unpaired) electrons. The van der Waals surface area contributed by atoms with Crippen LogP contribution in [0.5, 0.6) is 11.5 Å². The molecular weight excluding hydrogens is 517 g/mol. The summed E-state index contributed by atoms with van der Waals surface area (Å²) in [5, 5.41) is 0.